The molecule has 0 aliphatic carbocycles. The van der Waals surface area contributed by atoms with E-state index < -0.39 is 5.82 Å². The van der Waals surface area contributed by atoms with Crippen LogP contribution < -0.4 is 10.2 Å². The van der Waals surface area contributed by atoms with E-state index in [9.17, 15) is 9.18 Å². The Hall–Kier alpha value is -1.98. The molecule has 0 unspecified atom stereocenters. The number of nitrogens with one attached hydrogen (secondary N) is 1. The van der Waals surface area contributed by atoms with E-state index in [1.54, 1.807) is 4.90 Å². The summed E-state index contributed by atoms with van der Waals surface area (Å²) in [5.74, 6) is -0.508. The maximum Gasteiger partial charge on any atom is 0.321 e. The number of hydrogen-bond donors (Lipinski definition) is 1. The number of anilines is 2. The van der Waals surface area contributed by atoms with Gasteiger partial charge in [-0.15, -0.1) is 0 Å². The molecular weight excluding hydrogens is 352 g/mol. The molecule has 126 valence electrons. The number of nitrogens with zero attached hydrogens (tertiary/aromatic N) is 2. The van der Waals surface area contributed by atoms with Gasteiger partial charge < -0.3 is 15.1 Å². The summed E-state index contributed by atoms with van der Waals surface area (Å²) in [5.41, 5.74) is 1.57. The van der Waals surface area contributed by atoms with Crippen molar-refractivity contribution < 1.29 is 9.18 Å². The molecular formula is C17H16Cl2FN3O. The number of carbonyl (C=O) groups is 1. The van der Waals surface area contributed by atoms with E-state index in [2.05, 4.69) is 10.2 Å². The Morgan fingerprint density at radius 1 is 1.00 bits per heavy atom. The lowest BCUT2D eigenvalue weighted by Gasteiger charge is -2.36. The SMILES string of the molecule is O=C(Nc1ccc(F)c(Cl)c1)N1CCN(c2ccc(Cl)cc2)CC1. The second kappa shape index (κ2) is 7.28. The van der Waals surface area contributed by atoms with Crippen LogP contribution in [0.25, 0.3) is 0 Å². The lowest BCUT2D eigenvalue weighted by atomic mass is 10.2. The van der Waals surface area contributed by atoms with Gasteiger partial charge in [0, 0.05) is 42.6 Å². The van der Waals surface area contributed by atoms with Gasteiger partial charge in [0.25, 0.3) is 0 Å². The van der Waals surface area contributed by atoms with Crippen LogP contribution in [0.2, 0.25) is 10.0 Å². The molecule has 2 aromatic rings. The first-order valence-corrected chi connectivity index (χ1v) is 8.30. The maximum absolute atomic E-state index is 13.2. The van der Waals surface area contributed by atoms with E-state index in [1.165, 1.54) is 18.2 Å². The lowest BCUT2D eigenvalue weighted by Crippen LogP contribution is -2.50. The van der Waals surface area contributed by atoms with Crippen molar-refractivity contribution >= 4 is 40.6 Å². The number of rotatable bonds is 2. The zero-order valence-corrected chi connectivity index (χ0v) is 14.3. The summed E-state index contributed by atoms with van der Waals surface area (Å²) >= 11 is 11.6. The fraction of sp³-hybridized carbons (Fsp3) is 0.235. The molecule has 0 radical (unpaired) electrons. The van der Waals surface area contributed by atoms with E-state index in [-0.39, 0.29) is 11.1 Å². The van der Waals surface area contributed by atoms with Crippen molar-refractivity contribution in [3.8, 4) is 0 Å². The third-order valence-electron chi connectivity index (χ3n) is 3.93. The van der Waals surface area contributed by atoms with E-state index in [4.69, 9.17) is 23.2 Å². The number of hydrogen-bond acceptors (Lipinski definition) is 2. The molecule has 2 amide bonds. The molecule has 1 aliphatic rings. The van der Waals surface area contributed by atoms with Crippen LogP contribution in [-0.4, -0.2) is 37.1 Å². The topological polar surface area (TPSA) is 35.6 Å². The van der Waals surface area contributed by atoms with Crippen molar-refractivity contribution in [3.05, 3.63) is 58.3 Å². The molecule has 3 rings (SSSR count). The highest BCUT2D eigenvalue weighted by molar-refractivity contribution is 6.31. The molecule has 1 heterocycles. The summed E-state index contributed by atoms with van der Waals surface area (Å²) in [6.07, 6.45) is 0. The van der Waals surface area contributed by atoms with Crippen LogP contribution in [0.5, 0.6) is 0 Å². The Morgan fingerprint density at radius 2 is 1.67 bits per heavy atom. The van der Waals surface area contributed by atoms with Crippen molar-refractivity contribution in [3.63, 3.8) is 0 Å². The number of urea groups is 1. The zero-order valence-electron chi connectivity index (χ0n) is 12.8. The van der Waals surface area contributed by atoms with Gasteiger partial charge in [-0.2, -0.15) is 0 Å². The van der Waals surface area contributed by atoms with Crippen molar-refractivity contribution in [1.82, 2.24) is 4.90 Å². The van der Waals surface area contributed by atoms with Crippen LogP contribution >= 0.6 is 23.2 Å². The number of halogens is 3. The molecule has 1 fully saturated rings. The van der Waals surface area contributed by atoms with Gasteiger partial charge in [0.15, 0.2) is 0 Å². The predicted octanol–water partition coefficient (Wildman–Crippen LogP) is 4.49. The van der Waals surface area contributed by atoms with Gasteiger partial charge in [-0.05, 0) is 42.5 Å². The summed E-state index contributed by atoms with van der Waals surface area (Å²) in [6.45, 7) is 2.67. The van der Waals surface area contributed by atoms with Crippen molar-refractivity contribution in [1.29, 1.82) is 0 Å². The monoisotopic (exact) mass is 367 g/mol. The van der Waals surface area contributed by atoms with E-state index in [1.807, 2.05) is 24.3 Å². The molecule has 0 atom stereocenters. The molecule has 0 aromatic heterocycles. The van der Waals surface area contributed by atoms with Crippen LogP contribution in [0.1, 0.15) is 0 Å². The minimum atomic E-state index is -0.508. The Labute approximate surface area is 149 Å². The fourth-order valence-electron chi connectivity index (χ4n) is 2.60. The number of benzene rings is 2. The highest BCUT2D eigenvalue weighted by Gasteiger charge is 2.21. The smallest absolute Gasteiger partial charge is 0.321 e. The highest BCUT2D eigenvalue weighted by Crippen LogP contribution is 2.21. The molecule has 1 saturated heterocycles. The van der Waals surface area contributed by atoms with E-state index in [0.29, 0.717) is 23.8 Å². The third-order valence-corrected chi connectivity index (χ3v) is 4.47. The Bertz CT molecular complexity index is 731. The third kappa shape index (κ3) is 3.91. The molecule has 24 heavy (non-hydrogen) atoms. The maximum atomic E-state index is 13.2. The van der Waals surface area contributed by atoms with Crippen molar-refractivity contribution in [2.24, 2.45) is 0 Å². The quantitative estimate of drug-likeness (QED) is 0.848. The fourth-order valence-corrected chi connectivity index (χ4v) is 2.90. The molecule has 4 nitrogen and oxygen atoms in total. The minimum absolute atomic E-state index is 0.0136. The molecule has 0 spiro atoms. The van der Waals surface area contributed by atoms with Crippen LogP contribution in [0.3, 0.4) is 0 Å². The van der Waals surface area contributed by atoms with Gasteiger partial charge in [-0.3, -0.25) is 0 Å². The normalized spacial score (nSPS) is 14.6. The number of piperazine rings is 1. The van der Waals surface area contributed by atoms with Gasteiger partial charge >= 0.3 is 6.03 Å². The number of amides is 2. The second-order valence-corrected chi connectivity index (χ2v) is 6.35. The van der Waals surface area contributed by atoms with Gasteiger partial charge in [-0.1, -0.05) is 23.2 Å². The molecule has 1 aliphatic heterocycles. The zero-order chi connectivity index (χ0) is 17.1. The van der Waals surface area contributed by atoms with Gasteiger partial charge in [-0.25, -0.2) is 9.18 Å². The summed E-state index contributed by atoms with van der Waals surface area (Å²) in [5, 5.41) is 3.43. The second-order valence-electron chi connectivity index (χ2n) is 5.51. The van der Waals surface area contributed by atoms with Crippen molar-refractivity contribution in [2.75, 3.05) is 36.4 Å². The van der Waals surface area contributed by atoms with Crippen molar-refractivity contribution in [2.45, 2.75) is 0 Å². The van der Waals surface area contributed by atoms with Crippen LogP contribution in [0, 0.1) is 5.82 Å². The van der Waals surface area contributed by atoms with Crippen LogP contribution in [0.15, 0.2) is 42.5 Å². The summed E-state index contributed by atoms with van der Waals surface area (Å²) < 4.78 is 13.2. The minimum Gasteiger partial charge on any atom is -0.368 e. The highest BCUT2D eigenvalue weighted by atomic mass is 35.5. The summed E-state index contributed by atoms with van der Waals surface area (Å²) in [4.78, 5) is 16.2. The molecule has 0 saturated carbocycles. The largest absolute Gasteiger partial charge is 0.368 e. The van der Waals surface area contributed by atoms with Gasteiger partial charge in [0.2, 0.25) is 0 Å². The Balaban J connectivity index is 1.56. The first kappa shape index (κ1) is 16.9. The molecule has 0 bridgehead atoms. The number of carbonyl (C=O) groups excluding carboxylic acids is 1. The Morgan fingerprint density at radius 3 is 2.29 bits per heavy atom. The standard InChI is InChI=1S/C17H16Cl2FN3O/c18-12-1-4-14(5-2-12)22-7-9-23(10-8-22)17(24)21-13-3-6-16(20)15(19)11-13/h1-6,11H,7-10H2,(H,21,24). The Kier molecular flexibility index (Phi) is 5.11. The average Bonchev–Trinajstić information content (AvgIpc) is 2.59. The first-order valence-electron chi connectivity index (χ1n) is 7.54. The molecule has 1 N–H and O–H groups in total. The molecule has 2 aromatic carbocycles. The van der Waals surface area contributed by atoms with Crippen LogP contribution in [-0.2, 0) is 0 Å². The summed E-state index contributed by atoms with van der Waals surface area (Å²) in [6, 6.07) is 11.6. The summed E-state index contributed by atoms with van der Waals surface area (Å²) in [7, 11) is 0. The lowest BCUT2D eigenvalue weighted by molar-refractivity contribution is 0.208. The van der Waals surface area contributed by atoms with Gasteiger partial charge in [0.1, 0.15) is 5.82 Å². The van der Waals surface area contributed by atoms with E-state index >= 15 is 0 Å². The average molecular weight is 368 g/mol. The van der Waals surface area contributed by atoms with E-state index in [0.717, 1.165) is 18.8 Å². The van der Waals surface area contributed by atoms with Crippen LogP contribution in [0.4, 0.5) is 20.6 Å². The predicted molar refractivity (Wildman–Crippen MR) is 95.7 cm³/mol. The molecule has 7 heteroatoms. The van der Waals surface area contributed by atoms with Gasteiger partial charge in [0.05, 0.1) is 5.02 Å². The first-order chi connectivity index (χ1) is 11.5.